The number of hydrogen-bond acceptors (Lipinski definition) is 3. The lowest BCUT2D eigenvalue weighted by Gasteiger charge is -2.35. The summed E-state index contributed by atoms with van der Waals surface area (Å²) >= 11 is 5.91. The molecule has 1 aliphatic heterocycles. The first-order valence-electron chi connectivity index (χ1n) is 9.56. The van der Waals surface area contributed by atoms with Gasteiger partial charge < -0.3 is 10.6 Å². The molecule has 2 N–H and O–H groups in total. The molecule has 2 heterocycles. The van der Waals surface area contributed by atoms with Gasteiger partial charge in [-0.15, -0.1) is 0 Å². The van der Waals surface area contributed by atoms with E-state index in [-0.39, 0.29) is 6.03 Å². The summed E-state index contributed by atoms with van der Waals surface area (Å²) in [6, 6.07) is 7.67. The Bertz CT molecular complexity index is 745. The Balaban J connectivity index is 1.42. The number of amides is 2. The molecule has 1 aromatic heterocycles. The number of likely N-dealkylation sites (tertiary alicyclic amines) is 1. The fourth-order valence-corrected chi connectivity index (χ4v) is 3.55. The number of piperidine rings is 1. The summed E-state index contributed by atoms with van der Waals surface area (Å²) in [6.07, 6.45) is 6.21. The van der Waals surface area contributed by atoms with Gasteiger partial charge in [-0.1, -0.05) is 18.5 Å². The average molecular weight is 390 g/mol. The fraction of sp³-hybridized carbons (Fsp3) is 0.500. The van der Waals surface area contributed by atoms with Gasteiger partial charge in [-0.25, -0.2) is 9.48 Å². The minimum Gasteiger partial charge on any atom is -0.337 e. The normalized spacial score (nSPS) is 18.9. The molecule has 2 aromatic rings. The molecule has 146 valence electrons. The van der Waals surface area contributed by atoms with Crippen molar-refractivity contribution in [2.24, 2.45) is 5.92 Å². The van der Waals surface area contributed by atoms with E-state index < -0.39 is 0 Å². The molecule has 2 unspecified atom stereocenters. The largest absolute Gasteiger partial charge is 0.337 e. The average Bonchev–Trinajstić information content (AvgIpc) is 3.14. The third-order valence-electron chi connectivity index (χ3n) is 5.05. The van der Waals surface area contributed by atoms with Crippen molar-refractivity contribution in [1.82, 2.24) is 25.3 Å². The molecule has 1 fully saturated rings. The van der Waals surface area contributed by atoms with Crippen molar-refractivity contribution in [2.45, 2.75) is 39.3 Å². The molecule has 1 saturated heterocycles. The van der Waals surface area contributed by atoms with E-state index in [9.17, 15) is 4.79 Å². The fourth-order valence-electron chi connectivity index (χ4n) is 3.43. The van der Waals surface area contributed by atoms with Crippen LogP contribution in [0.15, 0.2) is 36.7 Å². The zero-order valence-electron chi connectivity index (χ0n) is 16.0. The molecule has 2 amide bonds. The van der Waals surface area contributed by atoms with Crippen LogP contribution >= 0.6 is 11.6 Å². The van der Waals surface area contributed by atoms with E-state index in [0.29, 0.717) is 24.2 Å². The molecule has 0 bridgehead atoms. The van der Waals surface area contributed by atoms with Crippen LogP contribution in [0.4, 0.5) is 4.79 Å². The minimum absolute atomic E-state index is 0.147. The number of halogens is 1. The maximum absolute atomic E-state index is 12.1. The summed E-state index contributed by atoms with van der Waals surface area (Å²) < 4.78 is 1.77. The highest BCUT2D eigenvalue weighted by Crippen LogP contribution is 2.17. The van der Waals surface area contributed by atoms with Gasteiger partial charge in [0, 0.05) is 42.5 Å². The van der Waals surface area contributed by atoms with Crippen LogP contribution in [0.25, 0.3) is 5.69 Å². The molecule has 3 rings (SSSR count). The van der Waals surface area contributed by atoms with Gasteiger partial charge in [-0.3, -0.25) is 4.90 Å². The van der Waals surface area contributed by atoms with Crippen LogP contribution in [0.3, 0.4) is 0 Å². The lowest BCUT2D eigenvalue weighted by molar-refractivity contribution is 0.137. The minimum atomic E-state index is -0.147. The molecule has 0 aliphatic carbocycles. The topological polar surface area (TPSA) is 62.2 Å². The van der Waals surface area contributed by atoms with Crippen LogP contribution in [0.2, 0.25) is 5.02 Å². The number of nitrogens with one attached hydrogen (secondary N) is 2. The quantitative estimate of drug-likeness (QED) is 0.795. The summed E-state index contributed by atoms with van der Waals surface area (Å²) in [5, 5.41) is 10.9. The first-order chi connectivity index (χ1) is 13.0. The number of hydrogen-bond donors (Lipinski definition) is 2. The number of carbonyl (C=O) groups is 1. The van der Waals surface area contributed by atoms with Crippen LogP contribution in [-0.4, -0.2) is 46.4 Å². The lowest BCUT2D eigenvalue weighted by Crippen LogP contribution is -2.48. The Morgan fingerprint density at radius 1 is 1.33 bits per heavy atom. The second-order valence-electron chi connectivity index (χ2n) is 7.42. The van der Waals surface area contributed by atoms with Gasteiger partial charge in [-0.2, -0.15) is 5.10 Å². The molecule has 0 radical (unpaired) electrons. The molecule has 7 heteroatoms. The van der Waals surface area contributed by atoms with E-state index in [1.54, 1.807) is 10.9 Å². The summed E-state index contributed by atoms with van der Waals surface area (Å²) in [4.78, 5) is 14.6. The van der Waals surface area contributed by atoms with Crippen molar-refractivity contribution in [3.8, 4) is 5.69 Å². The molecule has 1 aromatic carbocycles. The number of rotatable bonds is 6. The van der Waals surface area contributed by atoms with E-state index in [4.69, 9.17) is 11.6 Å². The molecular formula is C20H28ClN5O. The maximum atomic E-state index is 12.1. The van der Waals surface area contributed by atoms with Crippen molar-refractivity contribution in [3.05, 3.63) is 47.2 Å². The van der Waals surface area contributed by atoms with E-state index in [2.05, 4.69) is 34.5 Å². The molecule has 6 nitrogen and oxygen atoms in total. The Morgan fingerprint density at radius 3 is 2.85 bits per heavy atom. The number of aromatic nitrogens is 2. The third-order valence-corrected chi connectivity index (χ3v) is 5.30. The van der Waals surface area contributed by atoms with Crippen LogP contribution < -0.4 is 10.6 Å². The molecule has 2 atom stereocenters. The predicted octanol–water partition coefficient (Wildman–Crippen LogP) is 3.45. The Kier molecular flexibility index (Phi) is 6.74. The Morgan fingerprint density at radius 2 is 2.11 bits per heavy atom. The summed E-state index contributed by atoms with van der Waals surface area (Å²) in [5.41, 5.74) is 1.87. The van der Waals surface area contributed by atoms with Crippen LogP contribution in [-0.2, 0) is 6.54 Å². The number of urea groups is 1. The molecule has 27 heavy (non-hydrogen) atoms. The summed E-state index contributed by atoms with van der Waals surface area (Å²) in [6.45, 7) is 7.81. The second kappa shape index (κ2) is 9.24. The summed E-state index contributed by atoms with van der Waals surface area (Å²) in [5.74, 6) is 0.743. The van der Waals surface area contributed by atoms with Gasteiger partial charge in [-0.05, 0) is 56.5 Å². The molecular weight excluding hydrogens is 362 g/mol. The van der Waals surface area contributed by atoms with E-state index in [1.807, 2.05) is 30.5 Å². The van der Waals surface area contributed by atoms with Gasteiger partial charge >= 0.3 is 6.03 Å². The number of benzene rings is 1. The van der Waals surface area contributed by atoms with Crippen LogP contribution in [0.5, 0.6) is 0 Å². The van der Waals surface area contributed by atoms with Gasteiger partial charge in [0.2, 0.25) is 0 Å². The Labute approximate surface area is 165 Å². The maximum Gasteiger partial charge on any atom is 0.315 e. The number of nitrogens with zero attached hydrogens (tertiary/aromatic N) is 3. The zero-order chi connectivity index (χ0) is 19.2. The van der Waals surface area contributed by atoms with E-state index >= 15 is 0 Å². The highest BCUT2D eigenvalue weighted by atomic mass is 35.5. The highest BCUT2D eigenvalue weighted by molar-refractivity contribution is 6.30. The van der Waals surface area contributed by atoms with Crippen molar-refractivity contribution < 1.29 is 4.79 Å². The van der Waals surface area contributed by atoms with Crippen LogP contribution in [0.1, 0.15) is 32.3 Å². The Hall–Kier alpha value is -2.05. The van der Waals surface area contributed by atoms with Gasteiger partial charge in [0.25, 0.3) is 0 Å². The van der Waals surface area contributed by atoms with E-state index in [1.165, 1.54) is 12.8 Å². The zero-order valence-corrected chi connectivity index (χ0v) is 16.7. The van der Waals surface area contributed by atoms with Crippen molar-refractivity contribution >= 4 is 17.6 Å². The highest BCUT2D eigenvalue weighted by Gasteiger charge is 2.21. The first-order valence-corrected chi connectivity index (χ1v) is 9.94. The van der Waals surface area contributed by atoms with Gasteiger partial charge in [0.1, 0.15) is 0 Å². The monoisotopic (exact) mass is 389 g/mol. The predicted molar refractivity (Wildman–Crippen MR) is 108 cm³/mol. The SMILES string of the molecule is CC1CCCN(C(C)CNC(=O)NCc2cnn(-c3ccc(Cl)cc3)c2)C1. The lowest BCUT2D eigenvalue weighted by atomic mass is 9.99. The molecule has 0 saturated carbocycles. The molecule has 1 aliphatic rings. The first kappa shape index (κ1) is 19.7. The second-order valence-corrected chi connectivity index (χ2v) is 7.86. The number of carbonyl (C=O) groups excluding carboxylic acids is 1. The third kappa shape index (κ3) is 5.71. The van der Waals surface area contributed by atoms with E-state index in [0.717, 1.165) is 30.3 Å². The van der Waals surface area contributed by atoms with Crippen molar-refractivity contribution in [3.63, 3.8) is 0 Å². The van der Waals surface area contributed by atoms with Crippen molar-refractivity contribution in [1.29, 1.82) is 0 Å². The molecule has 0 spiro atoms. The van der Waals surface area contributed by atoms with Crippen molar-refractivity contribution in [2.75, 3.05) is 19.6 Å². The standard InChI is InChI=1S/C20H28ClN5O/c1-15-4-3-9-25(13-15)16(2)10-22-20(27)23-11-17-12-24-26(14-17)19-7-5-18(21)6-8-19/h5-8,12,14-16H,3-4,9-11,13H2,1-2H3,(H2,22,23,27). The van der Waals surface area contributed by atoms with Gasteiger partial charge in [0.15, 0.2) is 0 Å². The smallest absolute Gasteiger partial charge is 0.315 e. The summed E-state index contributed by atoms with van der Waals surface area (Å²) in [7, 11) is 0. The van der Waals surface area contributed by atoms with Gasteiger partial charge in [0.05, 0.1) is 11.9 Å². The van der Waals surface area contributed by atoms with Crippen LogP contribution in [0, 0.1) is 5.92 Å².